The van der Waals surface area contributed by atoms with E-state index in [4.69, 9.17) is 0 Å². The third-order valence-electron chi connectivity index (χ3n) is 2.64. The van der Waals surface area contributed by atoms with Crippen LogP contribution in [-0.2, 0) is 0 Å². The molecule has 2 rings (SSSR count). The number of pyridine rings is 2. The molecule has 86 valence electrons. The quantitative estimate of drug-likeness (QED) is 0.755. The van der Waals surface area contributed by atoms with E-state index < -0.39 is 0 Å². The molecule has 0 aliphatic heterocycles. The first-order valence-electron chi connectivity index (χ1n) is 5.59. The van der Waals surface area contributed by atoms with Crippen molar-refractivity contribution in [2.24, 2.45) is 0 Å². The van der Waals surface area contributed by atoms with E-state index in [0.717, 1.165) is 17.5 Å². The second-order valence-corrected chi connectivity index (χ2v) is 4.19. The lowest BCUT2D eigenvalue weighted by Crippen LogP contribution is -1.97. The normalized spacial score (nSPS) is 10.5. The Hall–Kier alpha value is -2.03. The summed E-state index contributed by atoms with van der Waals surface area (Å²) in [6.07, 6.45) is 4.34. The minimum Gasteiger partial charge on any atom is -0.298 e. The van der Waals surface area contributed by atoms with Gasteiger partial charge in [-0.1, -0.05) is 19.9 Å². The molecule has 0 spiro atoms. The SMILES string of the molecule is CC(C)c1cnc(-c2ccccn2)c(C=O)c1. The van der Waals surface area contributed by atoms with Crippen LogP contribution in [0.3, 0.4) is 0 Å². The zero-order chi connectivity index (χ0) is 12.3. The minimum absolute atomic E-state index is 0.360. The van der Waals surface area contributed by atoms with Crippen LogP contribution in [0.15, 0.2) is 36.7 Å². The second kappa shape index (κ2) is 4.87. The molecule has 0 saturated carbocycles. The zero-order valence-corrected chi connectivity index (χ0v) is 9.92. The molecule has 0 bridgehead atoms. The van der Waals surface area contributed by atoms with Gasteiger partial charge in [0.25, 0.3) is 0 Å². The Morgan fingerprint density at radius 2 is 2.06 bits per heavy atom. The zero-order valence-electron chi connectivity index (χ0n) is 9.92. The van der Waals surface area contributed by atoms with Crippen molar-refractivity contribution in [2.45, 2.75) is 19.8 Å². The topological polar surface area (TPSA) is 42.9 Å². The van der Waals surface area contributed by atoms with Crippen LogP contribution in [0.2, 0.25) is 0 Å². The largest absolute Gasteiger partial charge is 0.298 e. The summed E-state index contributed by atoms with van der Waals surface area (Å²) >= 11 is 0. The molecule has 0 unspecified atom stereocenters. The van der Waals surface area contributed by atoms with Crippen molar-refractivity contribution < 1.29 is 4.79 Å². The molecule has 3 nitrogen and oxygen atoms in total. The third-order valence-corrected chi connectivity index (χ3v) is 2.64. The fourth-order valence-corrected chi connectivity index (χ4v) is 1.62. The molecule has 0 aliphatic rings. The predicted octanol–water partition coefficient (Wildman–Crippen LogP) is 3.08. The first-order chi connectivity index (χ1) is 8.22. The van der Waals surface area contributed by atoms with Gasteiger partial charge in [-0.25, -0.2) is 0 Å². The van der Waals surface area contributed by atoms with Gasteiger partial charge in [-0.05, 0) is 29.7 Å². The van der Waals surface area contributed by atoms with Crippen molar-refractivity contribution in [3.8, 4) is 11.4 Å². The Kier molecular flexibility index (Phi) is 3.28. The van der Waals surface area contributed by atoms with E-state index in [2.05, 4.69) is 23.8 Å². The van der Waals surface area contributed by atoms with E-state index in [1.165, 1.54) is 0 Å². The monoisotopic (exact) mass is 226 g/mol. The number of nitrogens with zero attached hydrogens (tertiary/aromatic N) is 2. The highest BCUT2D eigenvalue weighted by Crippen LogP contribution is 2.21. The summed E-state index contributed by atoms with van der Waals surface area (Å²) < 4.78 is 0. The van der Waals surface area contributed by atoms with Crippen LogP contribution in [-0.4, -0.2) is 16.3 Å². The van der Waals surface area contributed by atoms with Crippen LogP contribution < -0.4 is 0 Å². The van der Waals surface area contributed by atoms with Crippen molar-refractivity contribution in [3.63, 3.8) is 0 Å². The molecular weight excluding hydrogens is 212 g/mol. The molecule has 0 aromatic carbocycles. The van der Waals surface area contributed by atoms with Crippen molar-refractivity contribution in [2.75, 3.05) is 0 Å². The molecule has 3 heteroatoms. The highest BCUT2D eigenvalue weighted by atomic mass is 16.1. The number of hydrogen-bond acceptors (Lipinski definition) is 3. The Morgan fingerprint density at radius 3 is 2.65 bits per heavy atom. The van der Waals surface area contributed by atoms with Crippen LogP contribution >= 0.6 is 0 Å². The summed E-state index contributed by atoms with van der Waals surface area (Å²) in [5.74, 6) is 0.360. The van der Waals surface area contributed by atoms with E-state index >= 15 is 0 Å². The van der Waals surface area contributed by atoms with Gasteiger partial charge in [0.05, 0.1) is 11.4 Å². The maximum Gasteiger partial charge on any atom is 0.152 e. The molecule has 2 aromatic rings. The summed E-state index contributed by atoms with van der Waals surface area (Å²) in [6, 6.07) is 7.46. The highest BCUT2D eigenvalue weighted by molar-refractivity contribution is 5.84. The van der Waals surface area contributed by atoms with Gasteiger partial charge in [0.15, 0.2) is 6.29 Å². The van der Waals surface area contributed by atoms with E-state index in [1.54, 1.807) is 6.20 Å². The van der Waals surface area contributed by atoms with Crippen molar-refractivity contribution in [1.29, 1.82) is 0 Å². The number of aldehydes is 1. The lowest BCUT2D eigenvalue weighted by atomic mass is 10.0. The van der Waals surface area contributed by atoms with E-state index in [-0.39, 0.29) is 0 Å². The molecular formula is C14H14N2O. The van der Waals surface area contributed by atoms with Crippen molar-refractivity contribution in [3.05, 3.63) is 47.8 Å². The smallest absolute Gasteiger partial charge is 0.152 e. The molecule has 0 aliphatic carbocycles. The molecule has 17 heavy (non-hydrogen) atoms. The van der Waals surface area contributed by atoms with Crippen LogP contribution in [0, 0.1) is 0 Å². The Bertz CT molecular complexity index is 521. The standard InChI is InChI=1S/C14H14N2O/c1-10(2)11-7-12(9-17)14(16-8-11)13-5-3-4-6-15-13/h3-10H,1-2H3. The van der Waals surface area contributed by atoms with Crippen molar-refractivity contribution in [1.82, 2.24) is 9.97 Å². The van der Waals surface area contributed by atoms with Gasteiger partial charge in [-0.2, -0.15) is 0 Å². The lowest BCUT2D eigenvalue weighted by molar-refractivity contribution is 0.112. The fourth-order valence-electron chi connectivity index (χ4n) is 1.62. The first-order valence-corrected chi connectivity index (χ1v) is 5.59. The number of hydrogen-bond donors (Lipinski definition) is 0. The average Bonchev–Trinajstić information content (AvgIpc) is 2.39. The van der Waals surface area contributed by atoms with Crippen molar-refractivity contribution >= 4 is 6.29 Å². The van der Waals surface area contributed by atoms with E-state index in [9.17, 15) is 4.79 Å². The lowest BCUT2D eigenvalue weighted by Gasteiger charge is -2.08. The van der Waals surface area contributed by atoms with Crippen LogP contribution in [0.25, 0.3) is 11.4 Å². The second-order valence-electron chi connectivity index (χ2n) is 4.19. The Morgan fingerprint density at radius 1 is 1.24 bits per heavy atom. The summed E-state index contributed by atoms with van der Waals surface area (Å²) in [5.41, 5.74) is 3.02. The maximum atomic E-state index is 11.1. The molecule has 0 fully saturated rings. The van der Waals surface area contributed by atoms with Gasteiger partial charge in [-0.3, -0.25) is 14.8 Å². The summed E-state index contributed by atoms with van der Waals surface area (Å²) in [4.78, 5) is 19.7. The van der Waals surface area contributed by atoms with E-state index in [0.29, 0.717) is 17.2 Å². The maximum absolute atomic E-state index is 11.1. The van der Waals surface area contributed by atoms with Gasteiger partial charge >= 0.3 is 0 Å². The van der Waals surface area contributed by atoms with Gasteiger partial charge in [0.2, 0.25) is 0 Å². The minimum atomic E-state index is 0.360. The summed E-state index contributed by atoms with van der Waals surface area (Å²) in [6.45, 7) is 4.15. The first kappa shape index (κ1) is 11.5. The van der Waals surface area contributed by atoms with Crippen LogP contribution in [0.4, 0.5) is 0 Å². The van der Waals surface area contributed by atoms with Gasteiger partial charge in [0.1, 0.15) is 0 Å². The van der Waals surface area contributed by atoms with Gasteiger partial charge < -0.3 is 0 Å². The highest BCUT2D eigenvalue weighted by Gasteiger charge is 2.09. The fraction of sp³-hybridized carbons (Fsp3) is 0.214. The summed E-state index contributed by atoms with van der Waals surface area (Å²) in [7, 11) is 0. The van der Waals surface area contributed by atoms with E-state index in [1.807, 2.05) is 30.5 Å². The molecule has 0 amide bonds. The van der Waals surface area contributed by atoms with Crippen LogP contribution in [0.1, 0.15) is 35.7 Å². The van der Waals surface area contributed by atoms with Gasteiger partial charge in [-0.15, -0.1) is 0 Å². The number of carbonyl (C=O) groups is 1. The number of aromatic nitrogens is 2. The molecule has 0 N–H and O–H groups in total. The predicted molar refractivity (Wildman–Crippen MR) is 66.9 cm³/mol. The van der Waals surface area contributed by atoms with Gasteiger partial charge in [0, 0.05) is 18.0 Å². The molecule has 0 atom stereocenters. The number of rotatable bonds is 3. The average molecular weight is 226 g/mol. The Labute approximate surface area is 101 Å². The molecule has 2 aromatic heterocycles. The van der Waals surface area contributed by atoms with Crippen LogP contribution in [0.5, 0.6) is 0 Å². The summed E-state index contributed by atoms with van der Waals surface area (Å²) in [5, 5.41) is 0. The number of carbonyl (C=O) groups excluding carboxylic acids is 1. The Balaban J connectivity index is 2.52. The third kappa shape index (κ3) is 2.38. The molecule has 0 saturated heterocycles. The molecule has 2 heterocycles. The molecule has 0 radical (unpaired) electrons.